The summed E-state index contributed by atoms with van der Waals surface area (Å²) in [6, 6.07) is 10.5. The van der Waals surface area contributed by atoms with Crippen LogP contribution in [-0.4, -0.2) is 47.8 Å². The molecule has 8 heteroatoms. The molecule has 0 saturated carbocycles. The Morgan fingerprint density at radius 2 is 1.71 bits per heavy atom. The zero-order valence-corrected chi connectivity index (χ0v) is 17.6. The van der Waals surface area contributed by atoms with Crippen molar-refractivity contribution in [2.75, 3.05) is 31.5 Å². The topological polar surface area (TPSA) is 52.7 Å². The van der Waals surface area contributed by atoms with Gasteiger partial charge in [-0.05, 0) is 48.7 Å². The van der Waals surface area contributed by atoms with E-state index >= 15 is 0 Å². The molecule has 5 nitrogen and oxygen atoms in total. The Bertz CT molecular complexity index is 942. The van der Waals surface area contributed by atoms with Crippen molar-refractivity contribution in [3.05, 3.63) is 64.7 Å². The van der Waals surface area contributed by atoms with E-state index in [-0.39, 0.29) is 11.8 Å². The van der Waals surface area contributed by atoms with Crippen LogP contribution in [0.2, 0.25) is 0 Å². The van der Waals surface area contributed by atoms with Gasteiger partial charge in [0.15, 0.2) is 0 Å². The molecule has 1 heterocycles. The molecule has 1 fully saturated rings. The second-order valence-electron chi connectivity index (χ2n) is 7.83. The third-order valence-corrected chi connectivity index (χ3v) is 5.36. The lowest BCUT2D eigenvalue weighted by atomic mass is 10.1. The minimum absolute atomic E-state index is 0.0945. The molecule has 1 N–H and O–H groups in total. The summed E-state index contributed by atoms with van der Waals surface area (Å²) in [7, 11) is 0. The number of carbonyl (C=O) groups excluding carboxylic acids is 2. The molecule has 0 aromatic heterocycles. The molecule has 2 aromatic carbocycles. The van der Waals surface area contributed by atoms with Gasteiger partial charge in [0, 0.05) is 50.9 Å². The molecule has 3 rings (SSSR count). The van der Waals surface area contributed by atoms with Crippen LogP contribution in [0.1, 0.15) is 40.4 Å². The van der Waals surface area contributed by atoms with Crippen LogP contribution in [-0.2, 0) is 17.5 Å². The molecule has 1 aliphatic rings. The molecular weight excluding hydrogens is 407 g/mol. The molecule has 1 aliphatic heterocycles. The number of benzene rings is 2. The first kappa shape index (κ1) is 22.8. The second kappa shape index (κ2) is 9.51. The highest BCUT2D eigenvalue weighted by atomic mass is 19.4. The van der Waals surface area contributed by atoms with Crippen molar-refractivity contribution in [2.45, 2.75) is 33.0 Å². The fraction of sp³-hybridized carbons (Fsp3) is 0.391. The quantitative estimate of drug-likeness (QED) is 0.781. The minimum Gasteiger partial charge on any atom is -0.337 e. The predicted octanol–water partition coefficient (Wildman–Crippen LogP) is 4.32. The molecule has 2 amide bonds. The summed E-state index contributed by atoms with van der Waals surface area (Å²) in [4.78, 5) is 28.3. The third-order valence-electron chi connectivity index (χ3n) is 5.36. The van der Waals surface area contributed by atoms with Crippen LogP contribution in [0.3, 0.4) is 0 Å². The van der Waals surface area contributed by atoms with Gasteiger partial charge < -0.3 is 10.2 Å². The van der Waals surface area contributed by atoms with Crippen LogP contribution in [0.4, 0.5) is 18.9 Å². The molecule has 166 valence electrons. The van der Waals surface area contributed by atoms with E-state index in [9.17, 15) is 22.8 Å². The fourth-order valence-corrected chi connectivity index (χ4v) is 3.65. The van der Waals surface area contributed by atoms with Crippen LogP contribution < -0.4 is 5.32 Å². The summed E-state index contributed by atoms with van der Waals surface area (Å²) in [5, 5.41) is 2.74. The van der Waals surface area contributed by atoms with E-state index in [1.807, 2.05) is 13.0 Å². The van der Waals surface area contributed by atoms with Gasteiger partial charge in [-0.15, -0.1) is 0 Å². The molecule has 0 radical (unpaired) electrons. The van der Waals surface area contributed by atoms with Crippen LogP contribution >= 0.6 is 0 Å². The van der Waals surface area contributed by atoms with Gasteiger partial charge >= 0.3 is 6.18 Å². The highest BCUT2D eigenvalue weighted by molar-refractivity contribution is 5.97. The Balaban J connectivity index is 1.62. The molecular formula is C23H26F3N3O2. The van der Waals surface area contributed by atoms with E-state index in [2.05, 4.69) is 10.2 Å². The smallest absolute Gasteiger partial charge is 0.337 e. The van der Waals surface area contributed by atoms with Crippen LogP contribution in [0.5, 0.6) is 0 Å². The lowest BCUT2D eigenvalue weighted by Gasteiger charge is -2.22. The highest BCUT2D eigenvalue weighted by Crippen LogP contribution is 2.29. The molecule has 1 saturated heterocycles. The molecule has 0 atom stereocenters. The predicted molar refractivity (Wildman–Crippen MR) is 113 cm³/mol. The van der Waals surface area contributed by atoms with Crippen molar-refractivity contribution in [1.82, 2.24) is 9.80 Å². The van der Waals surface area contributed by atoms with Crippen molar-refractivity contribution in [2.24, 2.45) is 0 Å². The maximum atomic E-state index is 13.0. The number of rotatable bonds is 4. The number of nitrogens with zero attached hydrogens (tertiary/aromatic N) is 2. The van der Waals surface area contributed by atoms with E-state index in [1.54, 1.807) is 17.0 Å². The summed E-state index contributed by atoms with van der Waals surface area (Å²) in [5.74, 6) is -0.288. The number of aryl methyl sites for hydroxylation is 1. The number of halogens is 3. The molecule has 0 aliphatic carbocycles. The van der Waals surface area contributed by atoms with Gasteiger partial charge in [-0.2, -0.15) is 13.2 Å². The van der Waals surface area contributed by atoms with E-state index in [4.69, 9.17) is 0 Å². The van der Waals surface area contributed by atoms with E-state index < -0.39 is 11.7 Å². The summed E-state index contributed by atoms with van der Waals surface area (Å²) in [6.07, 6.45) is -3.56. The van der Waals surface area contributed by atoms with Gasteiger partial charge in [0.1, 0.15) is 0 Å². The Labute approximate surface area is 179 Å². The average molecular weight is 433 g/mol. The first-order chi connectivity index (χ1) is 14.6. The van der Waals surface area contributed by atoms with Crippen molar-refractivity contribution < 1.29 is 22.8 Å². The van der Waals surface area contributed by atoms with Crippen molar-refractivity contribution >= 4 is 17.5 Å². The van der Waals surface area contributed by atoms with Gasteiger partial charge in [-0.25, -0.2) is 0 Å². The monoisotopic (exact) mass is 433 g/mol. The number of hydrogen-bond acceptors (Lipinski definition) is 3. The SMILES string of the molecule is CC(=O)Nc1cc(C(=O)N2CCCN(Cc3ccc(C(F)(F)F)cc3)CC2)ccc1C. The molecule has 0 spiro atoms. The maximum Gasteiger partial charge on any atom is 0.416 e. The molecule has 31 heavy (non-hydrogen) atoms. The zero-order chi connectivity index (χ0) is 22.6. The summed E-state index contributed by atoms with van der Waals surface area (Å²) < 4.78 is 38.2. The summed E-state index contributed by atoms with van der Waals surface area (Å²) in [6.45, 7) is 6.36. The third kappa shape index (κ3) is 6.07. The number of nitrogens with one attached hydrogen (secondary N) is 1. The second-order valence-corrected chi connectivity index (χ2v) is 7.83. The summed E-state index contributed by atoms with van der Waals surface area (Å²) in [5.41, 5.74) is 2.18. The number of carbonyl (C=O) groups is 2. The van der Waals surface area contributed by atoms with Crippen molar-refractivity contribution in [1.29, 1.82) is 0 Å². The lowest BCUT2D eigenvalue weighted by molar-refractivity contribution is -0.137. The fourth-order valence-electron chi connectivity index (χ4n) is 3.65. The van der Waals surface area contributed by atoms with Gasteiger partial charge in [0.2, 0.25) is 5.91 Å². The van der Waals surface area contributed by atoms with Crippen LogP contribution in [0.15, 0.2) is 42.5 Å². The van der Waals surface area contributed by atoms with Crippen molar-refractivity contribution in [3.63, 3.8) is 0 Å². The zero-order valence-electron chi connectivity index (χ0n) is 17.6. The van der Waals surface area contributed by atoms with Crippen molar-refractivity contribution in [3.8, 4) is 0 Å². The molecule has 0 bridgehead atoms. The van der Waals surface area contributed by atoms with E-state index in [1.165, 1.54) is 19.1 Å². The lowest BCUT2D eigenvalue weighted by Crippen LogP contribution is -2.35. The normalized spacial score (nSPS) is 15.5. The van der Waals surface area contributed by atoms with E-state index in [0.717, 1.165) is 36.2 Å². The first-order valence-electron chi connectivity index (χ1n) is 10.2. The Kier molecular flexibility index (Phi) is 7.00. The van der Waals surface area contributed by atoms with Crippen LogP contribution in [0, 0.1) is 6.92 Å². The number of amides is 2. The van der Waals surface area contributed by atoms with Gasteiger partial charge in [-0.3, -0.25) is 14.5 Å². The van der Waals surface area contributed by atoms with Crippen LogP contribution in [0.25, 0.3) is 0 Å². The standard InChI is InChI=1S/C23H26F3N3O2/c1-16-4-7-19(14-21(16)27-17(2)30)22(31)29-11-3-10-28(12-13-29)15-18-5-8-20(9-6-18)23(24,25)26/h4-9,14H,3,10-13,15H2,1-2H3,(H,27,30). The molecule has 2 aromatic rings. The van der Waals surface area contributed by atoms with Gasteiger partial charge in [-0.1, -0.05) is 18.2 Å². The molecule has 0 unspecified atom stereocenters. The van der Waals surface area contributed by atoms with E-state index in [0.29, 0.717) is 37.4 Å². The van der Waals surface area contributed by atoms with Gasteiger partial charge in [0.25, 0.3) is 5.91 Å². The Morgan fingerprint density at radius 3 is 2.35 bits per heavy atom. The Morgan fingerprint density at radius 1 is 1.00 bits per heavy atom. The Hall–Kier alpha value is -2.87. The maximum absolute atomic E-state index is 13.0. The number of alkyl halides is 3. The first-order valence-corrected chi connectivity index (χ1v) is 10.2. The number of anilines is 1. The average Bonchev–Trinajstić information content (AvgIpc) is 2.94. The minimum atomic E-state index is -4.34. The summed E-state index contributed by atoms with van der Waals surface area (Å²) >= 11 is 0. The largest absolute Gasteiger partial charge is 0.416 e. The highest BCUT2D eigenvalue weighted by Gasteiger charge is 2.30. The van der Waals surface area contributed by atoms with Gasteiger partial charge in [0.05, 0.1) is 5.56 Å². The number of hydrogen-bond donors (Lipinski definition) is 1.